The Morgan fingerprint density at radius 3 is 2.71 bits per heavy atom. The molecule has 0 N–H and O–H groups in total. The van der Waals surface area contributed by atoms with E-state index in [0.29, 0.717) is 31.2 Å². The molecule has 1 aromatic carbocycles. The van der Waals surface area contributed by atoms with Crippen LogP contribution < -0.4 is 0 Å². The minimum absolute atomic E-state index is 0.00798. The molecule has 8 heteroatoms. The first-order valence-corrected chi connectivity index (χ1v) is 13.1. The van der Waals surface area contributed by atoms with Crippen molar-refractivity contribution in [2.75, 3.05) is 19.6 Å². The Morgan fingerprint density at radius 1 is 1.21 bits per heavy atom. The minimum atomic E-state index is -0.271. The summed E-state index contributed by atoms with van der Waals surface area (Å²) in [6.45, 7) is 6.97. The summed E-state index contributed by atoms with van der Waals surface area (Å²) in [7, 11) is 0. The van der Waals surface area contributed by atoms with E-state index in [2.05, 4.69) is 39.6 Å². The molecule has 1 aliphatic heterocycles. The molecule has 0 spiro atoms. The van der Waals surface area contributed by atoms with Gasteiger partial charge < -0.3 is 14.3 Å². The summed E-state index contributed by atoms with van der Waals surface area (Å²) in [6.07, 6.45) is 10.2. The Morgan fingerprint density at radius 2 is 1.97 bits per heavy atom. The fourth-order valence-corrected chi connectivity index (χ4v) is 4.54. The van der Waals surface area contributed by atoms with Gasteiger partial charge in [-0.3, -0.25) is 9.59 Å². The van der Waals surface area contributed by atoms with E-state index in [1.54, 1.807) is 15.9 Å². The van der Waals surface area contributed by atoms with Crippen LogP contribution in [0.15, 0.2) is 45.9 Å². The van der Waals surface area contributed by atoms with Gasteiger partial charge in [0, 0.05) is 29.5 Å². The maximum atomic E-state index is 13.3. The Hall–Kier alpha value is -2.48. The molecule has 2 aromatic rings. The second kappa shape index (κ2) is 13.4. The van der Waals surface area contributed by atoms with Crippen LogP contribution in [-0.2, 0) is 9.59 Å². The number of halogens is 1. The number of rotatable bonds is 12. The van der Waals surface area contributed by atoms with Crippen LogP contribution in [0.4, 0.5) is 0 Å². The molecule has 1 unspecified atom stereocenters. The van der Waals surface area contributed by atoms with Crippen LogP contribution in [0.1, 0.15) is 76.6 Å². The van der Waals surface area contributed by atoms with Gasteiger partial charge in [0.05, 0.1) is 0 Å². The molecule has 0 saturated carbocycles. The number of piperidine rings is 1. The number of carbonyl (C=O) groups is 2. The first kappa shape index (κ1) is 26.1. The molecule has 1 atom stereocenters. The molecular formula is C26H35BrN4O3. The largest absolute Gasteiger partial charge is 0.337 e. The highest BCUT2D eigenvalue weighted by atomic mass is 79.9. The third kappa shape index (κ3) is 7.26. The Bertz CT molecular complexity index is 944. The smallest absolute Gasteiger partial charge is 0.249 e. The monoisotopic (exact) mass is 530 g/mol. The van der Waals surface area contributed by atoms with E-state index >= 15 is 0 Å². The standard InChI is InChI=1S/C26H35BrN4O3/c1-3-5-6-7-8-12-23(32)30(17-4-2)19-24(33)31-18-10-9-11-22(31)26-28-25(29-34-26)20-13-15-21(27)16-14-20/h4,13-16,22H,2-3,5-12,17-19H2,1H3. The normalized spacial score (nSPS) is 15.8. The van der Waals surface area contributed by atoms with E-state index in [-0.39, 0.29) is 24.4 Å². The highest BCUT2D eigenvalue weighted by Crippen LogP contribution is 2.31. The number of amides is 2. The van der Waals surface area contributed by atoms with Gasteiger partial charge in [0.2, 0.25) is 23.5 Å². The van der Waals surface area contributed by atoms with Gasteiger partial charge in [-0.2, -0.15) is 4.98 Å². The van der Waals surface area contributed by atoms with E-state index in [9.17, 15) is 9.59 Å². The predicted octanol–water partition coefficient (Wildman–Crippen LogP) is 5.93. The van der Waals surface area contributed by atoms with Crippen molar-refractivity contribution < 1.29 is 14.1 Å². The van der Waals surface area contributed by atoms with E-state index < -0.39 is 0 Å². The molecule has 3 rings (SSSR count). The molecule has 1 saturated heterocycles. The third-order valence-electron chi connectivity index (χ3n) is 6.17. The molecule has 2 heterocycles. The minimum Gasteiger partial charge on any atom is -0.337 e. The molecule has 1 fully saturated rings. The van der Waals surface area contributed by atoms with Crippen LogP contribution in [0, 0.1) is 0 Å². The Labute approximate surface area is 210 Å². The first-order chi connectivity index (χ1) is 16.5. The molecule has 7 nitrogen and oxygen atoms in total. The van der Waals surface area contributed by atoms with Crippen molar-refractivity contribution in [3.05, 3.63) is 47.3 Å². The number of hydrogen-bond acceptors (Lipinski definition) is 5. The molecule has 2 amide bonds. The number of nitrogens with zero attached hydrogens (tertiary/aromatic N) is 4. The quantitative estimate of drug-likeness (QED) is 0.251. The number of likely N-dealkylation sites (tertiary alicyclic amines) is 1. The maximum absolute atomic E-state index is 13.3. The van der Waals surface area contributed by atoms with Crippen molar-refractivity contribution in [3.8, 4) is 11.4 Å². The van der Waals surface area contributed by atoms with Crippen LogP contribution in [0.5, 0.6) is 0 Å². The SMILES string of the molecule is C=CCN(CC(=O)N1CCCCC1c1nc(-c2ccc(Br)cc2)no1)C(=O)CCCCCCC. The Balaban J connectivity index is 1.65. The van der Waals surface area contributed by atoms with Crippen LogP contribution >= 0.6 is 15.9 Å². The van der Waals surface area contributed by atoms with Gasteiger partial charge in [-0.1, -0.05) is 59.8 Å². The zero-order valence-electron chi connectivity index (χ0n) is 20.0. The summed E-state index contributed by atoms with van der Waals surface area (Å²) in [5, 5.41) is 4.14. The van der Waals surface area contributed by atoms with Crippen LogP contribution in [0.3, 0.4) is 0 Å². The lowest BCUT2D eigenvalue weighted by Crippen LogP contribution is -2.46. The lowest BCUT2D eigenvalue weighted by molar-refractivity contribution is -0.143. The summed E-state index contributed by atoms with van der Waals surface area (Å²) in [5.41, 5.74) is 0.855. The van der Waals surface area contributed by atoms with Gasteiger partial charge >= 0.3 is 0 Å². The molecule has 1 aromatic heterocycles. The number of aromatic nitrogens is 2. The number of benzene rings is 1. The topological polar surface area (TPSA) is 79.5 Å². The number of hydrogen-bond donors (Lipinski definition) is 0. The molecule has 0 radical (unpaired) electrons. The van der Waals surface area contributed by atoms with Gasteiger partial charge in [-0.05, 0) is 49.9 Å². The zero-order valence-corrected chi connectivity index (χ0v) is 21.6. The molecular weight excluding hydrogens is 496 g/mol. The van der Waals surface area contributed by atoms with Gasteiger partial charge in [-0.25, -0.2) is 0 Å². The van der Waals surface area contributed by atoms with E-state index in [0.717, 1.165) is 48.6 Å². The average Bonchev–Trinajstić information content (AvgIpc) is 3.34. The highest BCUT2D eigenvalue weighted by molar-refractivity contribution is 9.10. The summed E-state index contributed by atoms with van der Waals surface area (Å²) in [4.78, 5) is 34.1. The molecule has 1 aliphatic rings. The molecule has 34 heavy (non-hydrogen) atoms. The number of unbranched alkanes of at least 4 members (excludes halogenated alkanes) is 4. The second-order valence-corrected chi connectivity index (χ2v) is 9.70. The summed E-state index contributed by atoms with van der Waals surface area (Å²) in [6, 6.07) is 7.42. The molecule has 0 bridgehead atoms. The van der Waals surface area contributed by atoms with E-state index in [4.69, 9.17) is 4.52 Å². The maximum Gasteiger partial charge on any atom is 0.249 e. The summed E-state index contributed by atoms with van der Waals surface area (Å²) < 4.78 is 6.57. The van der Waals surface area contributed by atoms with E-state index in [1.807, 2.05) is 24.3 Å². The lowest BCUT2D eigenvalue weighted by Gasteiger charge is -2.35. The summed E-state index contributed by atoms with van der Waals surface area (Å²) >= 11 is 3.43. The van der Waals surface area contributed by atoms with Crippen LogP contribution in [0.2, 0.25) is 0 Å². The number of carbonyl (C=O) groups excluding carboxylic acids is 2. The fourth-order valence-electron chi connectivity index (χ4n) is 4.28. The summed E-state index contributed by atoms with van der Waals surface area (Å²) in [5.74, 6) is 0.874. The first-order valence-electron chi connectivity index (χ1n) is 12.3. The van der Waals surface area contributed by atoms with Crippen molar-refractivity contribution in [2.45, 2.75) is 70.8 Å². The van der Waals surface area contributed by atoms with Crippen molar-refractivity contribution in [1.29, 1.82) is 0 Å². The van der Waals surface area contributed by atoms with Crippen molar-refractivity contribution in [2.24, 2.45) is 0 Å². The fraction of sp³-hybridized carbons (Fsp3) is 0.538. The zero-order chi connectivity index (χ0) is 24.3. The van der Waals surface area contributed by atoms with Gasteiger partial charge in [-0.15, -0.1) is 6.58 Å². The lowest BCUT2D eigenvalue weighted by atomic mass is 10.0. The Kier molecular flexibility index (Phi) is 10.3. The average molecular weight is 531 g/mol. The van der Waals surface area contributed by atoms with Gasteiger partial charge in [0.25, 0.3) is 0 Å². The van der Waals surface area contributed by atoms with Crippen LogP contribution in [0.25, 0.3) is 11.4 Å². The second-order valence-electron chi connectivity index (χ2n) is 8.79. The van der Waals surface area contributed by atoms with Crippen molar-refractivity contribution >= 4 is 27.7 Å². The molecule has 0 aliphatic carbocycles. The van der Waals surface area contributed by atoms with Crippen molar-refractivity contribution in [3.63, 3.8) is 0 Å². The van der Waals surface area contributed by atoms with Crippen LogP contribution in [-0.4, -0.2) is 51.4 Å². The van der Waals surface area contributed by atoms with E-state index in [1.165, 1.54) is 12.8 Å². The van der Waals surface area contributed by atoms with Crippen molar-refractivity contribution in [1.82, 2.24) is 19.9 Å². The van der Waals surface area contributed by atoms with Gasteiger partial charge in [0.1, 0.15) is 12.6 Å². The predicted molar refractivity (Wildman–Crippen MR) is 136 cm³/mol. The third-order valence-corrected chi connectivity index (χ3v) is 6.70. The van der Waals surface area contributed by atoms with Gasteiger partial charge in [0.15, 0.2) is 0 Å². The molecule has 184 valence electrons. The highest BCUT2D eigenvalue weighted by Gasteiger charge is 2.33.